The molecule has 0 atom stereocenters. The van der Waals surface area contributed by atoms with Crippen molar-refractivity contribution in [2.75, 3.05) is 13.1 Å². The van der Waals surface area contributed by atoms with Gasteiger partial charge in [-0.15, -0.1) is 0 Å². The molecular formula is C18H16BrN3O2. The molecule has 2 heterocycles. The number of nitrogens with zero attached hydrogens (tertiary/aromatic N) is 3. The zero-order valence-corrected chi connectivity index (χ0v) is 14.5. The summed E-state index contributed by atoms with van der Waals surface area (Å²) in [5.74, 6) is 0. The van der Waals surface area contributed by atoms with Crippen LogP contribution >= 0.6 is 15.9 Å². The van der Waals surface area contributed by atoms with E-state index in [1.165, 1.54) is 0 Å². The summed E-state index contributed by atoms with van der Waals surface area (Å²) in [6.07, 6.45) is 1.58. The zero-order valence-electron chi connectivity index (χ0n) is 12.9. The number of likely N-dealkylation sites (tertiary alicyclic amines) is 1. The minimum atomic E-state index is -0.263. The summed E-state index contributed by atoms with van der Waals surface area (Å²) in [6, 6.07) is 16.0. The van der Waals surface area contributed by atoms with Crippen LogP contribution in [0.1, 0.15) is 11.6 Å². The lowest BCUT2D eigenvalue weighted by Gasteiger charge is -2.39. The van der Waals surface area contributed by atoms with Gasteiger partial charge < -0.3 is 14.2 Å². The molecule has 0 unspecified atom stereocenters. The fourth-order valence-electron chi connectivity index (χ4n) is 2.88. The van der Waals surface area contributed by atoms with Gasteiger partial charge in [-0.25, -0.2) is 9.78 Å². The van der Waals surface area contributed by atoms with Gasteiger partial charge in [-0.05, 0) is 23.8 Å². The third kappa shape index (κ3) is 2.89. The van der Waals surface area contributed by atoms with Crippen molar-refractivity contribution >= 4 is 33.1 Å². The van der Waals surface area contributed by atoms with E-state index in [1.54, 1.807) is 4.90 Å². The Labute approximate surface area is 148 Å². The highest BCUT2D eigenvalue weighted by Gasteiger charge is 2.33. The zero-order chi connectivity index (χ0) is 16.5. The molecule has 3 aromatic rings. The Bertz CT molecular complexity index is 872. The Balaban J connectivity index is 1.37. The lowest BCUT2D eigenvalue weighted by atomic mass is 10.1. The maximum absolute atomic E-state index is 12.1. The molecule has 2 aromatic carbocycles. The van der Waals surface area contributed by atoms with Gasteiger partial charge in [0.15, 0.2) is 0 Å². The van der Waals surface area contributed by atoms with Crippen LogP contribution in [0, 0.1) is 0 Å². The average Bonchev–Trinajstić information content (AvgIpc) is 2.95. The number of benzene rings is 2. The first-order chi connectivity index (χ1) is 11.7. The quantitative estimate of drug-likeness (QED) is 0.684. The number of hydrogen-bond donors (Lipinski definition) is 0. The van der Waals surface area contributed by atoms with E-state index < -0.39 is 0 Å². The molecule has 0 radical (unpaired) electrons. The van der Waals surface area contributed by atoms with Gasteiger partial charge in [-0.1, -0.05) is 46.3 Å². The van der Waals surface area contributed by atoms with Crippen molar-refractivity contribution in [1.82, 2.24) is 14.5 Å². The molecule has 1 fully saturated rings. The summed E-state index contributed by atoms with van der Waals surface area (Å²) in [7, 11) is 0. The van der Waals surface area contributed by atoms with Gasteiger partial charge in [0.2, 0.25) is 0 Å². The number of amides is 1. The van der Waals surface area contributed by atoms with E-state index in [9.17, 15) is 4.79 Å². The Hall–Kier alpha value is -2.34. The maximum atomic E-state index is 12.1. The molecule has 1 aliphatic heterocycles. The topological polar surface area (TPSA) is 47.4 Å². The van der Waals surface area contributed by atoms with Gasteiger partial charge in [0.1, 0.15) is 6.61 Å². The highest BCUT2D eigenvalue weighted by Crippen LogP contribution is 2.27. The number of halogens is 1. The number of carbonyl (C=O) groups is 1. The number of fused-ring (bicyclic) bond motifs is 1. The standard InChI is InChI=1S/C18H16BrN3O2/c19-14-6-7-16-17(8-14)22(12-20-16)15-9-21(10-15)18(23)24-11-13-4-2-1-3-5-13/h1-8,12,15H,9-11H2. The molecule has 24 heavy (non-hydrogen) atoms. The number of imidazole rings is 1. The number of hydrogen-bond acceptors (Lipinski definition) is 3. The predicted molar refractivity (Wildman–Crippen MR) is 94.7 cm³/mol. The first-order valence-corrected chi connectivity index (χ1v) is 8.58. The third-order valence-corrected chi connectivity index (χ3v) is 4.75. The molecule has 1 saturated heterocycles. The maximum Gasteiger partial charge on any atom is 0.410 e. The second-order valence-corrected chi connectivity index (χ2v) is 6.80. The Morgan fingerprint density at radius 2 is 2.00 bits per heavy atom. The second-order valence-electron chi connectivity index (χ2n) is 5.88. The highest BCUT2D eigenvalue weighted by molar-refractivity contribution is 9.10. The molecule has 0 bridgehead atoms. The summed E-state index contributed by atoms with van der Waals surface area (Å²) >= 11 is 3.49. The molecule has 1 aromatic heterocycles. The Kier molecular flexibility index (Phi) is 3.98. The van der Waals surface area contributed by atoms with Crippen molar-refractivity contribution in [1.29, 1.82) is 0 Å². The van der Waals surface area contributed by atoms with E-state index in [-0.39, 0.29) is 12.1 Å². The number of aromatic nitrogens is 2. The number of rotatable bonds is 3. The number of ether oxygens (including phenoxy) is 1. The number of carbonyl (C=O) groups excluding carboxylic acids is 1. The predicted octanol–water partition coefficient (Wildman–Crippen LogP) is 3.99. The van der Waals surface area contributed by atoms with E-state index in [0.29, 0.717) is 19.7 Å². The fourth-order valence-corrected chi connectivity index (χ4v) is 3.23. The minimum absolute atomic E-state index is 0.244. The summed E-state index contributed by atoms with van der Waals surface area (Å²) in [5, 5.41) is 0. The van der Waals surface area contributed by atoms with Crippen molar-refractivity contribution in [2.45, 2.75) is 12.6 Å². The van der Waals surface area contributed by atoms with Crippen LogP contribution in [-0.4, -0.2) is 33.6 Å². The van der Waals surface area contributed by atoms with Gasteiger partial charge in [0.25, 0.3) is 0 Å². The van der Waals surface area contributed by atoms with E-state index in [2.05, 4.69) is 31.5 Å². The molecule has 0 spiro atoms. The molecule has 4 rings (SSSR count). The normalized spacial score (nSPS) is 14.6. The Morgan fingerprint density at radius 3 is 2.79 bits per heavy atom. The lowest BCUT2D eigenvalue weighted by Crippen LogP contribution is -2.50. The van der Waals surface area contributed by atoms with Crippen molar-refractivity contribution in [3.8, 4) is 0 Å². The van der Waals surface area contributed by atoms with Crippen molar-refractivity contribution < 1.29 is 9.53 Å². The van der Waals surface area contributed by atoms with Crippen molar-refractivity contribution in [3.63, 3.8) is 0 Å². The van der Waals surface area contributed by atoms with Crippen LogP contribution in [0.4, 0.5) is 4.79 Å². The van der Waals surface area contributed by atoms with Crippen LogP contribution < -0.4 is 0 Å². The van der Waals surface area contributed by atoms with Crippen LogP contribution in [0.15, 0.2) is 59.3 Å². The summed E-state index contributed by atoms with van der Waals surface area (Å²) in [5.41, 5.74) is 3.03. The molecule has 6 heteroatoms. The van der Waals surface area contributed by atoms with Crippen LogP contribution in [0.2, 0.25) is 0 Å². The summed E-state index contributed by atoms with van der Waals surface area (Å²) < 4.78 is 8.51. The molecule has 0 aliphatic carbocycles. The summed E-state index contributed by atoms with van der Waals surface area (Å²) in [4.78, 5) is 18.2. The van der Waals surface area contributed by atoms with E-state index in [0.717, 1.165) is 21.1 Å². The highest BCUT2D eigenvalue weighted by atomic mass is 79.9. The van der Waals surface area contributed by atoms with E-state index >= 15 is 0 Å². The monoisotopic (exact) mass is 385 g/mol. The molecule has 0 N–H and O–H groups in total. The Morgan fingerprint density at radius 1 is 1.21 bits per heavy atom. The SMILES string of the molecule is O=C(OCc1ccccc1)N1CC(n2cnc3ccc(Br)cc32)C1. The molecule has 1 amide bonds. The molecule has 0 saturated carbocycles. The average molecular weight is 386 g/mol. The first kappa shape index (κ1) is 15.2. The van der Waals surface area contributed by atoms with Crippen LogP contribution in [0.3, 0.4) is 0 Å². The van der Waals surface area contributed by atoms with Gasteiger partial charge in [0, 0.05) is 17.6 Å². The van der Waals surface area contributed by atoms with Crippen LogP contribution in [0.5, 0.6) is 0 Å². The smallest absolute Gasteiger partial charge is 0.410 e. The van der Waals surface area contributed by atoms with E-state index in [4.69, 9.17) is 4.74 Å². The third-order valence-electron chi connectivity index (χ3n) is 4.26. The first-order valence-electron chi connectivity index (χ1n) is 7.78. The van der Waals surface area contributed by atoms with E-state index in [1.807, 2.05) is 48.8 Å². The summed E-state index contributed by atoms with van der Waals surface area (Å²) in [6.45, 7) is 1.60. The van der Waals surface area contributed by atoms with Gasteiger partial charge >= 0.3 is 6.09 Å². The van der Waals surface area contributed by atoms with Gasteiger partial charge in [-0.2, -0.15) is 0 Å². The van der Waals surface area contributed by atoms with Crippen LogP contribution in [0.25, 0.3) is 11.0 Å². The largest absolute Gasteiger partial charge is 0.445 e. The fraction of sp³-hybridized carbons (Fsp3) is 0.222. The minimum Gasteiger partial charge on any atom is -0.445 e. The molecule has 5 nitrogen and oxygen atoms in total. The van der Waals surface area contributed by atoms with Gasteiger partial charge in [-0.3, -0.25) is 0 Å². The molecule has 1 aliphatic rings. The molecular weight excluding hydrogens is 370 g/mol. The second kappa shape index (κ2) is 6.28. The van der Waals surface area contributed by atoms with Gasteiger partial charge in [0.05, 0.1) is 23.4 Å². The lowest BCUT2D eigenvalue weighted by molar-refractivity contribution is 0.0535. The van der Waals surface area contributed by atoms with Crippen molar-refractivity contribution in [3.05, 3.63) is 64.9 Å². The van der Waals surface area contributed by atoms with Crippen molar-refractivity contribution in [2.24, 2.45) is 0 Å². The van der Waals surface area contributed by atoms with Crippen LogP contribution in [-0.2, 0) is 11.3 Å². The molecule has 122 valence electrons.